The number of amides is 1. The molecule has 2 N–H and O–H groups in total. The van der Waals surface area contributed by atoms with Crippen LogP contribution in [0.2, 0.25) is 0 Å². The summed E-state index contributed by atoms with van der Waals surface area (Å²) in [4.78, 5) is 10.7. The van der Waals surface area contributed by atoms with Gasteiger partial charge in [-0.25, -0.2) is 10.3 Å². The minimum Gasteiger partial charge on any atom is -0.445 e. The van der Waals surface area contributed by atoms with E-state index in [1.165, 1.54) is 12.6 Å². The average Bonchev–Trinajstić information content (AvgIpc) is 2.26. The van der Waals surface area contributed by atoms with Gasteiger partial charge < -0.3 is 10.1 Å². The van der Waals surface area contributed by atoms with E-state index in [0.717, 1.165) is 5.56 Å². The predicted octanol–water partition coefficient (Wildman–Crippen LogP) is 1.84. The highest BCUT2D eigenvalue weighted by Crippen LogP contribution is 2.10. The van der Waals surface area contributed by atoms with Crippen LogP contribution < -0.4 is 10.9 Å². The lowest BCUT2D eigenvalue weighted by Crippen LogP contribution is -2.18. The number of carbonyl (C=O) groups is 1. The van der Waals surface area contributed by atoms with Gasteiger partial charge in [0.25, 0.3) is 0 Å². The molecule has 4 nitrogen and oxygen atoms in total. The topological polar surface area (TPSA) is 50.4 Å². The van der Waals surface area contributed by atoms with Gasteiger partial charge in [0.2, 0.25) is 0 Å². The summed E-state index contributed by atoms with van der Waals surface area (Å²) in [5.74, 6) is 0. The zero-order chi connectivity index (χ0) is 10.4. The number of carbonyl (C=O) groups excluding carboxylic acids is 1. The zero-order valence-electron chi connectivity index (χ0n) is 7.71. The molecule has 0 saturated carbocycles. The number of ether oxygens (including phenoxy) is 1. The fourth-order valence-corrected chi connectivity index (χ4v) is 0.885. The van der Waals surface area contributed by atoms with Crippen LogP contribution in [0.3, 0.4) is 0 Å². The molecule has 0 fully saturated rings. The van der Waals surface area contributed by atoms with Gasteiger partial charge in [0, 0.05) is 7.05 Å². The molecular formula is C9H11FN2O2. The molecule has 76 valence electrons. The number of anilines is 1. The fraction of sp³-hybridized carbons (Fsp3) is 0.222. The van der Waals surface area contributed by atoms with Gasteiger partial charge in [0.05, 0.1) is 5.69 Å². The molecule has 0 bridgehead atoms. The Kier molecular flexibility index (Phi) is 3.72. The molecule has 0 aliphatic rings. The first-order chi connectivity index (χ1) is 6.76. The first kappa shape index (κ1) is 10.3. The highest BCUT2D eigenvalue weighted by atomic mass is 19.2. The second-order valence-corrected chi connectivity index (χ2v) is 2.62. The molecule has 0 radical (unpaired) electrons. The number of hydrogen-bond donors (Lipinski definition) is 2. The van der Waals surface area contributed by atoms with Crippen molar-refractivity contribution in [1.29, 1.82) is 0 Å². The second kappa shape index (κ2) is 5.06. The van der Waals surface area contributed by atoms with Crippen LogP contribution in [0.4, 0.5) is 15.0 Å². The van der Waals surface area contributed by atoms with E-state index in [4.69, 9.17) is 4.74 Å². The Labute approximate surface area is 81.0 Å². The quantitative estimate of drug-likeness (QED) is 0.728. The van der Waals surface area contributed by atoms with Gasteiger partial charge in [-0.2, -0.15) is 0 Å². The van der Waals surface area contributed by atoms with Gasteiger partial charge >= 0.3 is 6.09 Å². The van der Waals surface area contributed by atoms with Gasteiger partial charge in [-0.05, 0) is 17.7 Å². The summed E-state index contributed by atoms with van der Waals surface area (Å²) in [6, 6.07) is 6.46. The van der Waals surface area contributed by atoms with E-state index in [9.17, 15) is 9.28 Å². The molecule has 0 aliphatic carbocycles. The monoisotopic (exact) mass is 198 g/mol. The largest absolute Gasteiger partial charge is 0.445 e. The molecule has 0 atom stereocenters. The van der Waals surface area contributed by atoms with E-state index >= 15 is 0 Å². The van der Waals surface area contributed by atoms with E-state index in [1.54, 1.807) is 24.3 Å². The minimum atomic E-state index is -0.488. The van der Waals surface area contributed by atoms with Crippen molar-refractivity contribution in [3.63, 3.8) is 0 Å². The van der Waals surface area contributed by atoms with Gasteiger partial charge in [-0.15, -0.1) is 4.48 Å². The zero-order valence-corrected chi connectivity index (χ0v) is 7.71. The van der Waals surface area contributed by atoms with Gasteiger partial charge in [-0.3, -0.25) is 0 Å². The van der Waals surface area contributed by atoms with Crippen molar-refractivity contribution in [2.24, 2.45) is 0 Å². The predicted molar refractivity (Wildman–Crippen MR) is 50.4 cm³/mol. The lowest BCUT2D eigenvalue weighted by molar-refractivity contribution is 0.142. The third kappa shape index (κ3) is 2.93. The molecule has 0 spiro atoms. The highest BCUT2D eigenvalue weighted by Gasteiger charge is 1.99. The highest BCUT2D eigenvalue weighted by molar-refractivity contribution is 5.66. The van der Waals surface area contributed by atoms with Gasteiger partial charge in [-0.1, -0.05) is 12.1 Å². The molecule has 14 heavy (non-hydrogen) atoms. The number of nitrogens with one attached hydrogen (secondary N) is 2. The van der Waals surface area contributed by atoms with Crippen molar-refractivity contribution in [3.05, 3.63) is 29.8 Å². The maximum atomic E-state index is 11.9. The molecular weight excluding hydrogens is 187 g/mol. The summed E-state index contributed by atoms with van der Waals surface area (Å²) in [7, 11) is 1.48. The van der Waals surface area contributed by atoms with E-state index in [-0.39, 0.29) is 6.61 Å². The number of rotatable bonds is 3. The third-order valence-electron chi connectivity index (χ3n) is 1.64. The lowest BCUT2D eigenvalue weighted by atomic mass is 10.2. The van der Waals surface area contributed by atoms with E-state index in [1.807, 2.05) is 0 Å². The van der Waals surface area contributed by atoms with Crippen LogP contribution in [-0.4, -0.2) is 13.1 Å². The first-order valence-electron chi connectivity index (χ1n) is 4.06. The van der Waals surface area contributed by atoms with Crippen LogP contribution >= 0.6 is 0 Å². The Morgan fingerprint density at radius 1 is 1.43 bits per heavy atom. The Morgan fingerprint density at radius 3 is 2.57 bits per heavy atom. The summed E-state index contributed by atoms with van der Waals surface area (Å²) in [5.41, 5.74) is 2.68. The molecule has 1 amide bonds. The van der Waals surface area contributed by atoms with Crippen LogP contribution in [0, 0.1) is 0 Å². The number of halogens is 1. The van der Waals surface area contributed by atoms with Crippen molar-refractivity contribution in [2.75, 3.05) is 12.6 Å². The van der Waals surface area contributed by atoms with Gasteiger partial charge in [0.1, 0.15) is 6.61 Å². The van der Waals surface area contributed by atoms with E-state index < -0.39 is 6.09 Å². The van der Waals surface area contributed by atoms with Crippen LogP contribution in [0.1, 0.15) is 5.56 Å². The number of alkyl carbamates (subject to hydrolysis) is 1. The minimum absolute atomic E-state index is 0.173. The summed E-state index contributed by atoms with van der Waals surface area (Å²) in [6.07, 6.45) is -0.488. The Bertz CT molecular complexity index is 300. The van der Waals surface area contributed by atoms with Crippen molar-refractivity contribution < 1.29 is 14.0 Å². The summed E-state index contributed by atoms with van der Waals surface area (Å²) >= 11 is 0. The summed E-state index contributed by atoms with van der Waals surface area (Å²) in [5, 5.41) is 2.32. The van der Waals surface area contributed by atoms with Crippen molar-refractivity contribution in [2.45, 2.75) is 6.61 Å². The number of benzene rings is 1. The second-order valence-electron chi connectivity index (χ2n) is 2.62. The maximum absolute atomic E-state index is 11.9. The smallest absolute Gasteiger partial charge is 0.407 e. The SMILES string of the molecule is CNC(=O)OCc1ccc(NF)cc1. The Balaban J connectivity index is 2.47. The van der Waals surface area contributed by atoms with Crippen molar-refractivity contribution in [3.8, 4) is 0 Å². The molecule has 0 saturated heterocycles. The summed E-state index contributed by atoms with van der Waals surface area (Å²) < 4.78 is 16.7. The molecule has 1 aromatic rings. The lowest BCUT2D eigenvalue weighted by Gasteiger charge is -2.04. The normalized spacial score (nSPS) is 9.29. The molecule has 0 aliphatic heterocycles. The van der Waals surface area contributed by atoms with Gasteiger partial charge in [0.15, 0.2) is 0 Å². The fourth-order valence-electron chi connectivity index (χ4n) is 0.885. The van der Waals surface area contributed by atoms with Crippen LogP contribution in [-0.2, 0) is 11.3 Å². The van der Waals surface area contributed by atoms with Crippen molar-refractivity contribution >= 4 is 11.8 Å². The number of hydrogen-bond acceptors (Lipinski definition) is 3. The van der Waals surface area contributed by atoms with E-state index in [0.29, 0.717) is 5.69 Å². The molecule has 1 rings (SSSR count). The molecule has 5 heteroatoms. The third-order valence-corrected chi connectivity index (χ3v) is 1.64. The average molecular weight is 198 g/mol. The molecule has 0 aromatic heterocycles. The summed E-state index contributed by atoms with van der Waals surface area (Å²) in [6.45, 7) is 0.173. The Hall–Kier alpha value is -1.78. The molecule has 1 aromatic carbocycles. The van der Waals surface area contributed by atoms with Crippen LogP contribution in [0.15, 0.2) is 24.3 Å². The molecule has 0 heterocycles. The van der Waals surface area contributed by atoms with Crippen molar-refractivity contribution in [1.82, 2.24) is 5.32 Å². The standard InChI is InChI=1S/C9H11FN2O2/c1-11-9(13)14-6-7-2-4-8(12-10)5-3-7/h2-5,12H,6H2,1H3,(H,11,13). The first-order valence-corrected chi connectivity index (χ1v) is 4.06. The molecule has 0 unspecified atom stereocenters. The Morgan fingerprint density at radius 2 is 2.07 bits per heavy atom. The van der Waals surface area contributed by atoms with E-state index in [2.05, 4.69) is 5.32 Å². The van der Waals surface area contributed by atoms with Crippen LogP contribution in [0.5, 0.6) is 0 Å². The van der Waals surface area contributed by atoms with Crippen LogP contribution in [0.25, 0.3) is 0 Å². The maximum Gasteiger partial charge on any atom is 0.407 e.